The van der Waals surface area contributed by atoms with Gasteiger partial charge in [-0.15, -0.1) is 0 Å². The third kappa shape index (κ3) is 3.60. The molecule has 1 N–H and O–H groups in total. The monoisotopic (exact) mass is 437 g/mol. The van der Waals surface area contributed by atoms with Gasteiger partial charge in [-0.3, -0.25) is 9.59 Å². The lowest BCUT2D eigenvalue weighted by atomic mass is 9.49. The van der Waals surface area contributed by atoms with Crippen LogP contribution in [0.15, 0.2) is 24.3 Å². The van der Waals surface area contributed by atoms with Crippen molar-refractivity contribution in [3.63, 3.8) is 0 Å². The second kappa shape index (κ2) is 8.05. The van der Waals surface area contributed by atoms with E-state index in [9.17, 15) is 9.59 Å². The van der Waals surface area contributed by atoms with Gasteiger partial charge in [-0.1, -0.05) is 0 Å². The van der Waals surface area contributed by atoms with Crippen molar-refractivity contribution in [3.8, 4) is 0 Å². The van der Waals surface area contributed by atoms with Crippen LogP contribution in [-0.2, 0) is 14.3 Å². The van der Waals surface area contributed by atoms with Crippen molar-refractivity contribution in [1.29, 1.82) is 0 Å². The number of likely N-dealkylation sites (tertiary alicyclic amines) is 1. The van der Waals surface area contributed by atoms with E-state index >= 15 is 0 Å². The molecule has 1 aromatic carbocycles. The van der Waals surface area contributed by atoms with Gasteiger partial charge in [-0.2, -0.15) is 0 Å². The minimum absolute atomic E-state index is 0.0281. The summed E-state index contributed by atoms with van der Waals surface area (Å²) < 4.78 is 5.43. The number of benzene rings is 1. The van der Waals surface area contributed by atoms with Gasteiger partial charge in [-0.25, -0.2) is 0 Å². The van der Waals surface area contributed by atoms with Gasteiger partial charge < -0.3 is 19.9 Å². The minimum atomic E-state index is -0.325. The third-order valence-electron chi connectivity index (χ3n) is 8.82. The number of carbonyl (C=O) groups is 2. The summed E-state index contributed by atoms with van der Waals surface area (Å²) in [7, 11) is 0. The Morgan fingerprint density at radius 2 is 1.53 bits per heavy atom. The number of amides is 2. The standard InChI is InChI=1S/C26H35N3O3/c30-24(27-21-3-5-22(6-4-21)28-8-10-32-11-9-28)23-2-1-7-29(23)25(31)26-15-18-12-19(16-26)14-20(13-18)17-26/h3-6,18-20,23H,1-2,7-17H2,(H,27,30)/t18?,19?,20?,23-,26?/m1/s1. The number of carbonyl (C=O) groups excluding carboxylic acids is 2. The van der Waals surface area contributed by atoms with Crippen LogP contribution >= 0.6 is 0 Å². The van der Waals surface area contributed by atoms with Crippen LogP contribution in [0.2, 0.25) is 0 Å². The van der Waals surface area contributed by atoms with Crippen LogP contribution in [0, 0.1) is 23.2 Å². The highest BCUT2D eigenvalue weighted by Crippen LogP contribution is 2.60. The van der Waals surface area contributed by atoms with Gasteiger partial charge in [0.05, 0.1) is 18.6 Å². The molecule has 4 aliphatic carbocycles. The second-order valence-electron chi connectivity index (χ2n) is 11.0. The van der Waals surface area contributed by atoms with Crippen molar-refractivity contribution < 1.29 is 14.3 Å². The fraction of sp³-hybridized carbons (Fsp3) is 0.692. The summed E-state index contributed by atoms with van der Waals surface area (Å²) >= 11 is 0. The number of anilines is 2. The number of hydrogen-bond acceptors (Lipinski definition) is 4. The Kier molecular flexibility index (Phi) is 5.16. The van der Waals surface area contributed by atoms with Gasteiger partial charge in [0.1, 0.15) is 6.04 Å². The Hall–Kier alpha value is -2.08. The van der Waals surface area contributed by atoms with Gasteiger partial charge in [-0.05, 0) is 93.4 Å². The summed E-state index contributed by atoms with van der Waals surface area (Å²) in [5.41, 5.74) is 1.80. The van der Waals surface area contributed by atoms with Crippen LogP contribution in [0.3, 0.4) is 0 Å². The largest absolute Gasteiger partial charge is 0.378 e. The molecule has 7 rings (SSSR count). The summed E-state index contributed by atoms with van der Waals surface area (Å²) in [6, 6.07) is 7.75. The highest BCUT2D eigenvalue weighted by molar-refractivity contribution is 5.98. The first-order valence-corrected chi connectivity index (χ1v) is 12.6. The maximum atomic E-state index is 13.8. The quantitative estimate of drug-likeness (QED) is 0.781. The maximum Gasteiger partial charge on any atom is 0.247 e. The van der Waals surface area contributed by atoms with Crippen molar-refractivity contribution in [3.05, 3.63) is 24.3 Å². The first-order chi connectivity index (χ1) is 15.6. The van der Waals surface area contributed by atoms with Gasteiger partial charge in [0.2, 0.25) is 11.8 Å². The van der Waals surface area contributed by atoms with Crippen LogP contribution < -0.4 is 10.2 Å². The molecule has 32 heavy (non-hydrogen) atoms. The van der Waals surface area contributed by atoms with Crippen molar-refractivity contribution in [2.75, 3.05) is 43.1 Å². The number of hydrogen-bond donors (Lipinski definition) is 1. The molecule has 6 aliphatic rings. The van der Waals surface area contributed by atoms with Crippen LogP contribution in [0.1, 0.15) is 51.4 Å². The highest BCUT2D eigenvalue weighted by atomic mass is 16.5. The van der Waals surface area contributed by atoms with Crippen LogP contribution in [-0.4, -0.2) is 55.6 Å². The minimum Gasteiger partial charge on any atom is -0.378 e. The smallest absolute Gasteiger partial charge is 0.247 e. The third-order valence-corrected chi connectivity index (χ3v) is 8.82. The molecule has 172 valence electrons. The first-order valence-electron chi connectivity index (χ1n) is 12.6. The number of ether oxygens (including phenoxy) is 1. The average molecular weight is 438 g/mol. The van der Waals surface area contributed by atoms with E-state index in [1.54, 1.807) is 0 Å². The Labute approximate surface area is 190 Å². The van der Waals surface area contributed by atoms with Crippen molar-refractivity contribution in [2.45, 2.75) is 57.4 Å². The van der Waals surface area contributed by atoms with Crippen molar-refractivity contribution in [1.82, 2.24) is 4.90 Å². The molecule has 1 atom stereocenters. The Morgan fingerprint density at radius 3 is 2.16 bits per heavy atom. The SMILES string of the molecule is O=C(Nc1ccc(N2CCOCC2)cc1)[C@H]1CCCN1C(=O)C12CC3CC(CC(C3)C1)C2. The van der Waals surface area contributed by atoms with Crippen LogP contribution in [0.25, 0.3) is 0 Å². The zero-order valence-electron chi connectivity index (χ0n) is 18.9. The predicted octanol–water partition coefficient (Wildman–Crippen LogP) is 3.67. The number of nitrogens with zero attached hydrogens (tertiary/aromatic N) is 2. The average Bonchev–Trinajstić information content (AvgIpc) is 3.29. The van der Waals surface area contributed by atoms with Gasteiger partial charge in [0.25, 0.3) is 0 Å². The van der Waals surface area contributed by atoms with Crippen LogP contribution in [0.4, 0.5) is 11.4 Å². The zero-order chi connectivity index (χ0) is 21.7. The molecule has 2 heterocycles. The van der Waals surface area contributed by atoms with E-state index < -0.39 is 0 Å². The summed E-state index contributed by atoms with van der Waals surface area (Å²) in [6.07, 6.45) is 8.87. The molecule has 6 fully saturated rings. The summed E-state index contributed by atoms with van der Waals surface area (Å²) in [5, 5.41) is 3.10. The van der Waals surface area contributed by atoms with Gasteiger partial charge in [0.15, 0.2) is 0 Å². The van der Waals surface area contributed by atoms with E-state index in [2.05, 4.69) is 22.3 Å². The lowest BCUT2D eigenvalue weighted by Crippen LogP contribution is -2.56. The molecule has 2 amide bonds. The predicted molar refractivity (Wildman–Crippen MR) is 123 cm³/mol. The first kappa shape index (κ1) is 20.5. The second-order valence-corrected chi connectivity index (χ2v) is 11.0. The molecule has 0 unspecified atom stereocenters. The van der Waals surface area contributed by atoms with E-state index in [1.165, 1.54) is 19.3 Å². The number of morpholine rings is 1. The van der Waals surface area contributed by atoms with Crippen LogP contribution in [0.5, 0.6) is 0 Å². The number of nitrogens with one attached hydrogen (secondary N) is 1. The summed E-state index contributed by atoms with van der Waals surface area (Å²) in [4.78, 5) is 31.3. The fourth-order valence-corrected chi connectivity index (χ4v) is 7.76. The van der Waals surface area contributed by atoms with Crippen molar-refractivity contribution in [2.24, 2.45) is 23.2 Å². The highest BCUT2D eigenvalue weighted by Gasteiger charge is 2.56. The van der Waals surface area contributed by atoms with E-state index in [0.29, 0.717) is 0 Å². The van der Waals surface area contributed by atoms with Gasteiger partial charge in [0, 0.05) is 31.0 Å². The van der Waals surface area contributed by atoms with E-state index in [1.807, 2.05) is 17.0 Å². The molecular weight excluding hydrogens is 402 g/mol. The molecule has 1 aromatic rings. The van der Waals surface area contributed by atoms with E-state index in [-0.39, 0.29) is 23.3 Å². The van der Waals surface area contributed by atoms with Gasteiger partial charge >= 0.3 is 0 Å². The lowest BCUT2D eigenvalue weighted by molar-refractivity contribution is -0.160. The Balaban J connectivity index is 1.13. The Morgan fingerprint density at radius 1 is 0.906 bits per heavy atom. The molecule has 2 saturated heterocycles. The molecular formula is C26H35N3O3. The normalized spacial score (nSPS) is 35.9. The molecule has 6 nitrogen and oxygen atoms in total. The molecule has 2 aliphatic heterocycles. The maximum absolute atomic E-state index is 13.8. The van der Waals surface area contributed by atoms with E-state index in [0.717, 1.165) is 94.1 Å². The molecule has 0 radical (unpaired) electrons. The fourth-order valence-electron chi connectivity index (χ4n) is 7.76. The number of rotatable bonds is 4. The molecule has 4 bridgehead atoms. The lowest BCUT2D eigenvalue weighted by Gasteiger charge is -2.56. The summed E-state index contributed by atoms with van der Waals surface area (Å²) in [5.74, 6) is 2.48. The summed E-state index contributed by atoms with van der Waals surface area (Å²) in [6.45, 7) is 4.04. The Bertz CT molecular complexity index is 842. The topological polar surface area (TPSA) is 61.9 Å². The van der Waals surface area contributed by atoms with Crippen molar-refractivity contribution >= 4 is 23.2 Å². The molecule has 4 saturated carbocycles. The molecule has 0 spiro atoms. The molecule has 6 heteroatoms. The van der Waals surface area contributed by atoms with E-state index in [4.69, 9.17) is 4.74 Å². The zero-order valence-corrected chi connectivity index (χ0v) is 18.9. The molecule has 0 aromatic heterocycles.